The number of carbonyl (C=O) groups excluding carboxylic acids is 2. The van der Waals surface area contributed by atoms with Crippen LogP contribution in [0.5, 0.6) is 0 Å². The van der Waals surface area contributed by atoms with Crippen LogP contribution in [-0.2, 0) is 20.4 Å². The molecule has 0 heterocycles. The number of nitro benzene ring substituents is 1. The predicted molar refractivity (Wildman–Crippen MR) is 130 cm³/mol. The molecule has 2 atom stereocenters. The molecule has 192 valence electrons. The van der Waals surface area contributed by atoms with Gasteiger partial charge in [0.2, 0.25) is 17.6 Å². The van der Waals surface area contributed by atoms with Gasteiger partial charge in [0, 0.05) is 12.5 Å². The average Bonchev–Trinajstić information content (AvgIpc) is 2.71. The molecule has 1 rings (SSSR count). The van der Waals surface area contributed by atoms with Crippen molar-refractivity contribution in [2.24, 2.45) is 5.92 Å². The molecule has 0 radical (unpaired) electrons. The second kappa shape index (κ2) is 12.4. The van der Waals surface area contributed by atoms with Gasteiger partial charge in [-0.1, -0.05) is 40.7 Å². The quantitative estimate of drug-likeness (QED) is 0.230. The molecule has 0 fully saturated rings. The van der Waals surface area contributed by atoms with Gasteiger partial charge in [0.15, 0.2) is 8.32 Å². The van der Waals surface area contributed by atoms with Gasteiger partial charge in [0.1, 0.15) is 6.04 Å². The van der Waals surface area contributed by atoms with Crippen molar-refractivity contribution in [1.82, 2.24) is 10.6 Å². The Morgan fingerprint density at radius 1 is 1.24 bits per heavy atom. The van der Waals surface area contributed by atoms with Gasteiger partial charge in [-0.15, -0.1) is 0 Å². The lowest BCUT2D eigenvalue weighted by Gasteiger charge is -2.37. The first-order valence-corrected chi connectivity index (χ1v) is 14.3. The van der Waals surface area contributed by atoms with Crippen LogP contribution in [0.4, 0.5) is 10.1 Å². The minimum Gasteiger partial charge on any atom is -0.415 e. The molecule has 3 N–H and O–H groups in total. The van der Waals surface area contributed by atoms with E-state index in [0.717, 1.165) is 12.1 Å². The highest BCUT2D eigenvalue weighted by atomic mass is 28.4. The molecule has 0 saturated carbocycles. The lowest BCUT2D eigenvalue weighted by molar-refractivity contribution is -0.387. The van der Waals surface area contributed by atoms with Crippen LogP contribution in [-0.4, -0.2) is 55.5 Å². The molecule has 11 heteroatoms. The number of aryl methyl sites for hydroxylation is 1. The van der Waals surface area contributed by atoms with E-state index in [-0.39, 0.29) is 37.0 Å². The third-order valence-electron chi connectivity index (χ3n) is 6.13. The SMILES string of the molecule is CC(C)[C@H](NC(=O)CCc1ccc([N+](=O)[O-])c(F)c1)C(=O)N[C@H](CO)CO[Si](C)(C)C(C)(C)C. The highest BCUT2D eigenvalue weighted by Gasteiger charge is 2.38. The van der Waals surface area contributed by atoms with Crippen molar-refractivity contribution in [2.75, 3.05) is 13.2 Å². The fourth-order valence-electron chi connectivity index (χ4n) is 2.85. The number of hydrogen-bond acceptors (Lipinski definition) is 6. The highest BCUT2D eigenvalue weighted by molar-refractivity contribution is 6.74. The first kappa shape index (κ1) is 29.7. The van der Waals surface area contributed by atoms with Gasteiger partial charge in [-0.05, 0) is 42.1 Å². The van der Waals surface area contributed by atoms with Crippen LogP contribution in [0.25, 0.3) is 0 Å². The number of nitrogens with one attached hydrogen (secondary N) is 2. The Bertz CT molecular complexity index is 873. The molecule has 1 aromatic carbocycles. The van der Waals surface area contributed by atoms with Crippen LogP contribution in [0, 0.1) is 21.8 Å². The fraction of sp³-hybridized carbons (Fsp3) is 0.652. The molecule has 0 spiro atoms. The first-order chi connectivity index (χ1) is 15.6. The summed E-state index contributed by atoms with van der Waals surface area (Å²) < 4.78 is 19.9. The zero-order chi connectivity index (χ0) is 26.3. The molecule has 0 aliphatic carbocycles. The normalized spacial score (nSPS) is 13.9. The molecule has 0 unspecified atom stereocenters. The summed E-state index contributed by atoms with van der Waals surface area (Å²) in [5, 5.41) is 25.9. The minimum absolute atomic E-state index is 0.0158. The molecular formula is C23H38FN3O6Si. The summed E-state index contributed by atoms with van der Waals surface area (Å²) in [6, 6.07) is 2.06. The summed E-state index contributed by atoms with van der Waals surface area (Å²) >= 11 is 0. The van der Waals surface area contributed by atoms with E-state index in [1.165, 1.54) is 6.07 Å². The summed E-state index contributed by atoms with van der Waals surface area (Å²) in [7, 11) is -2.06. The number of hydrogen-bond donors (Lipinski definition) is 3. The Hall–Kier alpha value is -2.37. The minimum atomic E-state index is -2.06. The van der Waals surface area contributed by atoms with Crippen molar-refractivity contribution in [2.45, 2.75) is 77.7 Å². The van der Waals surface area contributed by atoms with Gasteiger partial charge in [-0.3, -0.25) is 19.7 Å². The standard InChI is InChI=1S/C23H38FN3O6Si/c1-15(2)21(22(30)25-17(13-28)14-33-34(6,7)23(3,4)5)26-20(29)11-9-16-8-10-19(27(31)32)18(24)12-16/h8,10,12,15,17,21,28H,9,11,13-14H2,1-7H3,(H,25,30)(H,26,29)/t17-,21+/m1/s1. The van der Waals surface area contributed by atoms with E-state index in [0.29, 0.717) is 5.56 Å². The lowest BCUT2D eigenvalue weighted by atomic mass is 10.0. The van der Waals surface area contributed by atoms with Crippen LogP contribution >= 0.6 is 0 Å². The largest absolute Gasteiger partial charge is 0.415 e. The lowest BCUT2D eigenvalue weighted by Crippen LogP contribution is -2.54. The second-order valence-corrected chi connectivity index (χ2v) is 15.1. The van der Waals surface area contributed by atoms with E-state index in [4.69, 9.17) is 4.43 Å². The second-order valence-electron chi connectivity index (χ2n) is 10.3. The maximum atomic E-state index is 13.8. The molecule has 34 heavy (non-hydrogen) atoms. The van der Waals surface area contributed by atoms with E-state index in [2.05, 4.69) is 44.5 Å². The van der Waals surface area contributed by atoms with Gasteiger partial charge >= 0.3 is 5.69 Å². The van der Waals surface area contributed by atoms with E-state index in [1.54, 1.807) is 13.8 Å². The third-order valence-corrected chi connectivity index (χ3v) is 10.6. The molecular weight excluding hydrogens is 461 g/mol. The Morgan fingerprint density at radius 2 is 1.85 bits per heavy atom. The van der Waals surface area contributed by atoms with Crippen molar-refractivity contribution in [1.29, 1.82) is 0 Å². The van der Waals surface area contributed by atoms with Crippen LogP contribution in [0.15, 0.2) is 18.2 Å². The predicted octanol–water partition coefficient (Wildman–Crippen LogP) is 3.31. The van der Waals surface area contributed by atoms with Gasteiger partial charge in [-0.2, -0.15) is 4.39 Å². The zero-order valence-corrected chi connectivity index (χ0v) is 22.1. The zero-order valence-electron chi connectivity index (χ0n) is 21.1. The maximum Gasteiger partial charge on any atom is 0.304 e. The number of amides is 2. The van der Waals surface area contributed by atoms with Gasteiger partial charge in [0.25, 0.3) is 0 Å². The molecule has 2 amide bonds. The molecule has 1 aromatic rings. The van der Waals surface area contributed by atoms with E-state index in [1.807, 2.05) is 0 Å². The number of aliphatic hydroxyl groups excluding tert-OH is 1. The summed E-state index contributed by atoms with van der Waals surface area (Å²) in [6.45, 7) is 13.9. The van der Waals surface area contributed by atoms with E-state index >= 15 is 0 Å². The van der Waals surface area contributed by atoms with Crippen LogP contribution in [0.3, 0.4) is 0 Å². The Labute approximate surface area is 201 Å². The van der Waals surface area contributed by atoms with Gasteiger partial charge < -0.3 is 20.2 Å². The first-order valence-electron chi connectivity index (χ1n) is 11.4. The molecule has 0 aromatic heterocycles. The molecule has 0 aliphatic rings. The van der Waals surface area contributed by atoms with Gasteiger partial charge in [0.05, 0.1) is 24.2 Å². The van der Waals surface area contributed by atoms with Gasteiger partial charge in [-0.25, -0.2) is 0 Å². The summed E-state index contributed by atoms with van der Waals surface area (Å²) in [5.74, 6) is -2.02. The Kier molecular flexibility index (Phi) is 10.8. The molecule has 0 saturated heterocycles. The van der Waals surface area contributed by atoms with E-state index < -0.39 is 48.6 Å². The number of aliphatic hydroxyl groups is 1. The number of nitro groups is 1. The van der Waals surface area contributed by atoms with Crippen molar-refractivity contribution in [3.8, 4) is 0 Å². The molecule has 0 aliphatic heterocycles. The number of nitrogens with zero attached hydrogens (tertiary/aromatic N) is 1. The summed E-state index contributed by atoms with van der Waals surface area (Å²) in [4.78, 5) is 35.2. The van der Waals surface area contributed by atoms with Crippen LogP contribution < -0.4 is 10.6 Å². The molecule has 0 bridgehead atoms. The van der Waals surface area contributed by atoms with Crippen LogP contribution in [0.1, 0.15) is 46.6 Å². The molecule has 9 nitrogen and oxygen atoms in total. The van der Waals surface area contributed by atoms with Crippen molar-refractivity contribution in [3.63, 3.8) is 0 Å². The number of benzene rings is 1. The average molecular weight is 500 g/mol. The Balaban J connectivity index is 2.70. The van der Waals surface area contributed by atoms with Crippen molar-refractivity contribution < 1.29 is 28.4 Å². The maximum absolute atomic E-state index is 13.8. The fourth-order valence-corrected chi connectivity index (χ4v) is 3.90. The Morgan fingerprint density at radius 3 is 2.32 bits per heavy atom. The summed E-state index contributed by atoms with van der Waals surface area (Å²) in [6.07, 6.45) is 0.137. The number of halogens is 1. The highest BCUT2D eigenvalue weighted by Crippen LogP contribution is 2.36. The smallest absolute Gasteiger partial charge is 0.304 e. The van der Waals surface area contributed by atoms with Crippen LogP contribution in [0.2, 0.25) is 18.1 Å². The van der Waals surface area contributed by atoms with Crippen molar-refractivity contribution in [3.05, 3.63) is 39.7 Å². The summed E-state index contributed by atoms with van der Waals surface area (Å²) in [5.41, 5.74) is -0.187. The monoisotopic (exact) mass is 499 g/mol. The third kappa shape index (κ3) is 8.77. The van der Waals surface area contributed by atoms with Crippen molar-refractivity contribution >= 4 is 25.8 Å². The van der Waals surface area contributed by atoms with E-state index in [9.17, 15) is 29.2 Å². The number of rotatable bonds is 12. The topological polar surface area (TPSA) is 131 Å². The number of carbonyl (C=O) groups is 2.